The van der Waals surface area contributed by atoms with Crippen LogP contribution in [0.15, 0.2) is 54.6 Å². The Morgan fingerprint density at radius 3 is 2.36 bits per heavy atom. The van der Waals surface area contributed by atoms with Crippen molar-refractivity contribution >= 4 is 5.91 Å². The molecule has 0 saturated carbocycles. The van der Waals surface area contributed by atoms with Gasteiger partial charge in [0.25, 0.3) is 0 Å². The highest BCUT2D eigenvalue weighted by Crippen LogP contribution is 2.10. The monoisotopic (exact) mass is 298 g/mol. The fourth-order valence-corrected chi connectivity index (χ4v) is 2.14. The third-order valence-electron chi connectivity index (χ3n) is 3.45. The van der Waals surface area contributed by atoms with E-state index in [4.69, 9.17) is 4.74 Å². The van der Waals surface area contributed by atoms with Gasteiger partial charge in [-0.05, 0) is 23.3 Å². The maximum Gasteiger partial charge on any atom is 0.236 e. The van der Waals surface area contributed by atoms with Crippen molar-refractivity contribution in [2.45, 2.75) is 13.1 Å². The van der Waals surface area contributed by atoms with Crippen molar-refractivity contribution in [1.29, 1.82) is 0 Å². The van der Waals surface area contributed by atoms with Crippen LogP contribution in [0.25, 0.3) is 0 Å². The minimum Gasteiger partial charge on any atom is -0.497 e. The normalized spacial score (nSPS) is 10.3. The molecular weight excluding hydrogens is 276 g/mol. The highest BCUT2D eigenvalue weighted by molar-refractivity contribution is 5.77. The quantitative estimate of drug-likeness (QED) is 0.853. The van der Waals surface area contributed by atoms with Crippen LogP contribution in [0.5, 0.6) is 5.75 Å². The zero-order valence-corrected chi connectivity index (χ0v) is 13.1. The number of nitrogens with one attached hydrogen (secondary N) is 1. The summed E-state index contributed by atoms with van der Waals surface area (Å²) >= 11 is 0. The van der Waals surface area contributed by atoms with Gasteiger partial charge in [-0.2, -0.15) is 0 Å². The molecule has 22 heavy (non-hydrogen) atoms. The van der Waals surface area contributed by atoms with E-state index in [1.807, 2.05) is 61.6 Å². The van der Waals surface area contributed by atoms with E-state index in [2.05, 4.69) is 5.32 Å². The van der Waals surface area contributed by atoms with Crippen LogP contribution < -0.4 is 10.1 Å². The predicted octanol–water partition coefficient (Wildman–Crippen LogP) is 2.44. The molecule has 0 unspecified atom stereocenters. The molecule has 0 fully saturated rings. The number of benzene rings is 2. The number of hydrogen-bond donors (Lipinski definition) is 1. The Hall–Kier alpha value is -2.33. The van der Waals surface area contributed by atoms with Crippen LogP contribution in [0.1, 0.15) is 11.1 Å². The molecule has 0 radical (unpaired) electrons. The molecule has 0 aliphatic carbocycles. The zero-order valence-electron chi connectivity index (χ0n) is 13.1. The van der Waals surface area contributed by atoms with Gasteiger partial charge in [-0.15, -0.1) is 0 Å². The van der Waals surface area contributed by atoms with Crippen LogP contribution in [-0.4, -0.2) is 31.5 Å². The maximum absolute atomic E-state index is 12.1. The number of carbonyl (C=O) groups is 1. The van der Waals surface area contributed by atoms with Crippen molar-refractivity contribution in [2.24, 2.45) is 0 Å². The van der Waals surface area contributed by atoms with Crippen LogP contribution in [0.4, 0.5) is 0 Å². The number of rotatable bonds is 7. The Kier molecular flexibility index (Phi) is 5.98. The number of likely N-dealkylation sites (N-methyl/N-ethyl adjacent to an activating group) is 1. The number of hydrogen-bond acceptors (Lipinski definition) is 3. The average molecular weight is 298 g/mol. The first-order chi connectivity index (χ1) is 10.7. The van der Waals surface area contributed by atoms with Gasteiger partial charge in [-0.1, -0.05) is 42.5 Å². The number of amides is 1. The number of methoxy groups -OCH3 is 1. The number of carbonyl (C=O) groups excluding carboxylic acids is 1. The van der Waals surface area contributed by atoms with Gasteiger partial charge in [-0.3, -0.25) is 4.79 Å². The van der Waals surface area contributed by atoms with Crippen molar-refractivity contribution in [3.8, 4) is 5.75 Å². The molecule has 4 nitrogen and oxygen atoms in total. The van der Waals surface area contributed by atoms with E-state index in [9.17, 15) is 4.79 Å². The summed E-state index contributed by atoms with van der Waals surface area (Å²) in [5.74, 6) is 0.916. The molecule has 0 spiro atoms. The van der Waals surface area contributed by atoms with Crippen LogP contribution >= 0.6 is 0 Å². The van der Waals surface area contributed by atoms with Gasteiger partial charge < -0.3 is 15.0 Å². The van der Waals surface area contributed by atoms with Crippen LogP contribution in [0, 0.1) is 0 Å². The zero-order chi connectivity index (χ0) is 15.8. The second-order valence-electron chi connectivity index (χ2n) is 5.19. The molecule has 0 atom stereocenters. The summed E-state index contributed by atoms with van der Waals surface area (Å²) in [5.41, 5.74) is 2.26. The minimum atomic E-state index is 0.0809. The Labute approximate surface area is 131 Å². The van der Waals surface area contributed by atoms with Gasteiger partial charge in [-0.25, -0.2) is 0 Å². The molecule has 0 saturated heterocycles. The van der Waals surface area contributed by atoms with Gasteiger partial charge in [0.05, 0.1) is 13.7 Å². The molecule has 0 bridgehead atoms. The van der Waals surface area contributed by atoms with Crippen LogP contribution in [-0.2, 0) is 17.9 Å². The summed E-state index contributed by atoms with van der Waals surface area (Å²) < 4.78 is 5.12. The SMILES string of the molecule is COc1ccc(CNCC(=O)N(C)Cc2ccccc2)cc1. The Morgan fingerprint density at radius 2 is 1.73 bits per heavy atom. The van der Waals surface area contributed by atoms with Gasteiger partial charge in [0.1, 0.15) is 5.75 Å². The summed E-state index contributed by atoms with van der Waals surface area (Å²) in [5, 5.41) is 3.17. The van der Waals surface area contributed by atoms with Crippen molar-refractivity contribution in [2.75, 3.05) is 20.7 Å². The molecule has 0 aliphatic heterocycles. The number of ether oxygens (including phenoxy) is 1. The maximum atomic E-state index is 12.1. The highest BCUT2D eigenvalue weighted by atomic mass is 16.5. The average Bonchev–Trinajstić information content (AvgIpc) is 2.56. The highest BCUT2D eigenvalue weighted by Gasteiger charge is 2.08. The van der Waals surface area contributed by atoms with Crippen molar-refractivity contribution < 1.29 is 9.53 Å². The molecule has 2 aromatic carbocycles. The number of nitrogens with zero attached hydrogens (tertiary/aromatic N) is 1. The van der Waals surface area contributed by atoms with E-state index in [0.29, 0.717) is 19.6 Å². The lowest BCUT2D eigenvalue weighted by atomic mass is 10.2. The first-order valence-corrected chi connectivity index (χ1v) is 7.30. The second-order valence-corrected chi connectivity index (χ2v) is 5.19. The van der Waals surface area contributed by atoms with Crippen molar-refractivity contribution in [1.82, 2.24) is 10.2 Å². The molecule has 0 aliphatic rings. The first kappa shape index (κ1) is 16.0. The van der Waals surface area contributed by atoms with E-state index < -0.39 is 0 Å². The van der Waals surface area contributed by atoms with E-state index in [1.165, 1.54) is 0 Å². The summed E-state index contributed by atoms with van der Waals surface area (Å²) in [6.45, 7) is 1.62. The second kappa shape index (κ2) is 8.20. The smallest absolute Gasteiger partial charge is 0.236 e. The molecule has 2 rings (SSSR count). The largest absolute Gasteiger partial charge is 0.497 e. The molecule has 116 valence electrons. The van der Waals surface area contributed by atoms with Gasteiger partial charge in [0.2, 0.25) is 5.91 Å². The Balaban J connectivity index is 1.74. The molecule has 0 heterocycles. The minimum absolute atomic E-state index is 0.0809. The van der Waals surface area contributed by atoms with E-state index in [1.54, 1.807) is 12.0 Å². The van der Waals surface area contributed by atoms with Crippen LogP contribution in [0.3, 0.4) is 0 Å². The van der Waals surface area contributed by atoms with Gasteiger partial charge in [0.15, 0.2) is 0 Å². The van der Waals surface area contributed by atoms with E-state index in [-0.39, 0.29) is 5.91 Å². The predicted molar refractivity (Wildman–Crippen MR) is 87.6 cm³/mol. The van der Waals surface area contributed by atoms with Crippen LogP contribution in [0.2, 0.25) is 0 Å². The molecule has 1 N–H and O–H groups in total. The lowest BCUT2D eigenvalue weighted by Gasteiger charge is -2.17. The molecule has 2 aromatic rings. The van der Waals surface area contributed by atoms with Crippen molar-refractivity contribution in [3.05, 3.63) is 65.7 Å². The fraction of sp³-hybridized carbons (Fsp3) is 0.278. The third-order valence-corrected chi connectivity index (χ3v) is 3.45. The molecular formula is C18H22N2O2. The Morgan fingerprint density at radius 1 is 1.05 bits per heavy atom. The summed E-state index contributed by atoms with van der Waals surface area (Å²) in [7, 11) is 3.47. The summed E-state index contributed by atoms with van der Waals surface area (Å²) in [6.07, 6.45) is 0. The molecule has 1 amide bonds. The molecule has 4 heteroatoms. The van der Waals surface area contributed by atoms with Gasteiger partial charge in [0, 0.05) is 20.1 Å². The third kappa shape index (κ3) is 4.90. The molecule has 0 aromatic heterocycles. The van der Waals surface area contributed by atoms with Gasteiger partial charge >= 0.3 is 0 Å². The van der Waals surface area contributed by atoms with E-state index in [0.717, 1.165) is 16.9 Å². The van der Waals surface area contributed by atoms with E-state index >= 15 is 0 Å². The first-order valence-electron chi connectivity index (χ1n) is 7.30. The fourth-order valence-electron chi connectivity index (χ4n) is 2.14. The standard InChI is InChI=1S/C18H22N2O2/c1-20(14-16-6-4-3-5-7-16)18(21)13-19-12-15-8-10-17(22-2)11-9-15/h3-11,19H,12-14H2,1-2H3. The topological polar surface area (TPSA) is 41.6 Å². The lowest BCUT2D eigenvalue weighted by molar-refractivity contribution is -0.129. The Bertz CT molecular complexity index is 582. The van der Waals surface area contributed by atoms with Crippen molar-refractivity contribution in [3.63, 3.8) is 0 Å². The summed E-state index contributed by atoms with van der Waals surface area (Å²) in [6, 6.07) is 17.8. The summed E-state index contributed by atoms with van der Waals surface area (Å²) in [4.78, 5) is 13.8. The lowest BCUT2D eigenvalue weighted by Crippen LogP contribution is -2.34.